The lowest BCUT2D eigenvalue weighted by atomic mass is 9.88. The van der Waals surface area contributed by atoms with Gasteiger partial charge in [-0.15, -0.1) is 0 Å². The van der Waals surface area contributed by atoms with Crippen LogP contribution in [0, 0.1) is 6.92 Å². The fraction of sp³-hybridized carbons (Fsp3) is 0.333. The van der Waals surface area contributed by atoms with E-state index in [9.17, 15) is 9.59 Å². The Bertz CT molecular complexity index is 1050. The van der Waals surface area contributed by atoms with Gasteiger partial charge in [0, 0.05) is 24.4 Å². The lowest BCUT2D eigenvalue weighted by Crippen LogP contribution is -2.52. The third-order valence-electron chi connectivity index (χ3n) is 5.88. The number of benzene rings is 3. The van der Waals surface area contributed by atoms with Crippen molar-refractivity contribution in [3.63, 3.8) is 0 Å². The van der Waals surface area contributed by atoms with Crippen molar-refractivity contribution < 1.29 is 9.59 Å². The Morgan fingerprint density at radius 1 is 0.853 bits per heavy atom. The SMILES string of the molecule is Cc1cccc(CN(C(=O)CC(c2ccccc2)c2ccccc2)[C@H](C)C(=O)NC(C)(C)C)c1. The van der Waals surface area contributed by atoms with E-state index in [0.717, 1.165) is 22.3 Å². The molecule has 0 aliphatic carbocycles. The smallest absolute Gasteiger partial charge is 0.242 e. The molecule has 3 aromatic carbocycles. The number of aryl methyl sites for hydroxylation is 1. The number of carbonyl (C=O) groups is 2. The zero-order valence-electron chi connectivity index (χ0n) is 20.9. The van der Waals surface area contributed by atoms with E-state index in [0.29, 0.717) is 6.54 Å². The predicted octanol–water partition coefficient (Wildman–Crippen LogP) is 5.85. The number of carbonyl (C=O) groups excluding carboxylic acids is 2. The predicted molar refractivity (Wildman–Crippen MR) is 138 cm³/mol. The maximum absolute atomic E-state index is 13.8. The number of hydrogen-bond donors (Lipinski definition) is 1. The van der Waals surface area contributed by atoms with Crippen molar-refractivity contribution in [2.75, 3.05) is 0 Å². The second-order valence-electron chi connectivity index (χ2n) is 10.0. The van der Waals surface area contributed by atoms with E-state index in [1.165, 1.54) is 0 Å². The van der Waals surface area contributed by atoms with Crippen LogP contribution in [-0.2, 0) is 16.1 Å². The molecule has 0 fully saturated rings. The molecule has 2 amide bonds. The second-order valence-corrected chi connectivity index (χ2v) is 10.0. The van der Waals surface area contributed by atoms with Crippen LogP contribution < -0.4 is 5.32 Å². The lowest BCUT2D eigenvalue weighted by Gasteiger charge is -2.32. The highest BCUT2D eigenvalue weighted by Crippen LogP contribution is 2.29. The molecular weight excluding hydrogens is 420 g/mol. The van der Waals surface area contributed by atoms with Crippen molar-refractivity contribution in [2.45, 2.75) is 65.1 Å². The summed E-state index contributed by atoms with van der Waals surface area (Å²) >= 11 is 0. The van der Waals surface area contributed by atoms with Gasteiger partial charge in [0.15, 0.2) is 0 Å². The molecule has 0 heterocycles. The summed E-state index contributed by atoms with van der Waals surface area (Å²) in [6, 6.07) is 27.7. The highest BCUT2D eigenvalue weighted by Gasteiger charge is 2.30. The molecule has 3 rings (SSSR count). The van der Waals surface area contributed by atoms with Gasteiger partial charge in [0.1, 0.15) is 6.04 Å². The van der Waals surface area contributed by atoms with E-state index < -0.39 is 6.04 Å². The first-order valence-corrected chi connectivity index (χ1v) is 11.9. The summed E-state index contributed by atoms with van der Waals surface area (Å²) in [6.45, 7) is 10.1. The Labute approximate surface area is 204 Å². The highest BCUT2D eigenvalue weighted by molar-refractivity contribution is 5.88. The first-order valence-electron chi connectivity index (χ1n) is 11.9. The first-order chi connectivity index (χ1) is 16.1. The molecule has 3 aromatic rings. The number of nitrogens with one attached hydrogen (secondary N) is 1. The zero-order valence-corrected chi connectivity index (χ0v) is 20.9. The Morgan fingerprint density at radius 3 is 1.91 bits per heavy atom. The van der Waals surface area contributed by atoms with Crippen molar-refractivity contribution in [2.24, 2.45) is 0 Å². The van der Waals surface area contributed by atoms with Crippen molar-refractivity contribution in [3.05, 3.63) is 107 Å². The summed E-state index contributed by atoms with van der Waals surface area (Å²) in [5.41, 5.74) is 3.94. The molecule has 0 saturated carbocycles. The third-order valence-corrected chi connectivity index (χ3v) is 5.88. The second kappa shape index (κ2) is 11.1. The highest BCUT2D eigenvalue weighted by atomic mass is 16.2. The van der Waals surface area contributed by atoms with Crippen LogP contribution in [0.2, 0.25) is 0 Å². The number of nitrogens with zero attached hydrogens (tertiary/aromatic N) is 1. The summed E-state index contributed by atoms with van der Waals surface area (Å²) in [5, 5.41) is 3.04. The van der Waals surface area contributed by atoms with Crippen molar-refractivity contribution in [3.8, 4) is 0 Å². The molecule has 1 atom stereocenters. The van der Waals surface area contributed by atoms with E-state index in [2.05, 4.69) is 35.6 Å². The fourth-order valence-corrected chi connectivity index (χ4v) is 4.15. The summed E-state index contributed by atoms with van der Waals surface area (Å²) in [5.74, 6) is -0.284. The van der Waals surface area contributed by atoms with Crippen LogP contribution in [0.3, 0.4) is 0 Å². The van der Waals surface area contributed by atoms with Gasteiger partial charge < -0.3 is 10.2 Å². The zero-order chi connectivity index (χ0) is 24.7. The van der Waals surface area contributed by atoms with Gasteiger partial charge >= 0.3 is 0 Å². The molecule has 0 aromatic heterocycles. The van der Waals surface area contributed by atoms with Crippen molar-refractivity contribution in [1.82, 2.24) is 10.2 Å². The largest absolute Gasteiger partial charge is 0.350 e. The van der Waals surface area contributed by atoms with Gasteiger partial charge in [0.2, 0.25) is 11.8 Å². The summed E-state index contributed by atoms with van der Waals surface area (Å²) in [4.78, 5) is 28.6. The average Bonchev–Trinajstić information content (AvgIpc) is 2.80. The van der Waals surface area contributed by atoms with Crippen molar-refractivity contribution in [1.29, 1.82) is 0 Å². The fourth-order valence-electron chi connectivity index (χ4n) is 4.15. The molecule has 0 aliphatic heterocycles. The van der Waals surface area contributed by atoms with Crippen LogP contribution >= 0.6 is 0 Å². The van der Waals surface area contributed by atoms with Crippen molar-refractivity contribution >= 4 is 11.8 Å². The van der Waals surface area contributed by atoms with E-state index >= 15 is 0 Å². The molecule has 4 nitrogen and oxygen atoms in total. The number of hydrogen-bond acceptors (Lipinski definition) is 2. The van der Waals surface area contributed by atoms with Crippen LogP contribution in [0.5, 0.6) is 0 Å². The van der Waals surface area contributed by atoms with Gasteiger partial charge in [-0.2, -0.15) is 0 Å². The summed E-state index contributed by atoms with van der Waals surface area (Å²) < 4.78 is 0. The maximum atomic E-state index is 13.8. The minimum Gasteiger partial charge on any atom is -0.350 e. The minimum absolute atomic E-state index is 0.0456. The topological polar surface area (TPSA) is 49.4 Å². The third kappa shape index (κ3) is 7.05. The average molecular weight is 457 g/mol. The molecular formula is C30H36N2O2. The van der Waals surface area contributed by atoms with E-state index in [-0.39, 0.29) is 29.7 Å². The molecule has 0 radical (unpaired) electrons. The van der Waals surface area contributed by atoms with E-state index in [4.69, 9.17) is 0 Å². The van der Waals surface area contributed by atoms with Gasteiger partial charge in [0.25, 0.3) is 0 Å². The molecule has 0 unspecified atom stereocenters. The van der Waals surface area contributed by atoms with Gasteiger partial charge in [-0.1, -0.05) is 90.5 Å². The van der Waals surface area contributed by atoms with Crippen LogP contribution in [0.25, 0.3) is 0 Å². The van der Waals surface area contributed by atoms with E-state index in [1.54, 1.807) is 4.90 Å². The normalized spacial score (nSPS) is 12.3. The molecule has 34 heavy (non-hydrogen) atoms. The van der Waals surface area contributed by atoms with Gasteiger partial charge in [-0.3, -0.25) is 9.59 Å². The van der Waals surface area contributed by atoms with Crippen LogP contribution in [0.15, 0.2) is 84.9 Å². The first kappa shape index (κ1) is 25.2. The molecule has 4 heteroatoms. The molecule has 0 spiro atoms. The van der Waals surface area contributed by atoms with Gasteiger partial charge in [-0.25, -0.2) is 0 Å². The maximum Gasteiger partial charge on any atom is 0.242 e. The summed E-state index contributed by atoms with van der Waals surface area (Å²) in [7, 11) is 0. The van der Waals surface area contributed by atoms with E-state index in [1.807, 2.05) is 89.2 Å². The monoisotopic (exact) mass is 456 g/mol. The lowest BCUT2D eigenvalue weighted by molar-refractivity contribution is -0.141. The number of amides is 2. The van der Waals surface area contributed by atoms with Gasteiger partial charge in [0.05, 0.1) is 0 Å². The molecule has 0 saturated heterocycles. The minimum atomic E-state index is -0.598. The standard InChI is InChI=1S/C30H36N2O2/c1-22-13-12-14-24(19-22)21-32(23(2)29(34)31-30(3,4)5)28(33)20-27(25-15-8-6-9-16-25)26-17-10-7-11-18-26/h6-19,23,27H,20-21H2,1-5H3,(H,31,34)/t23-/m1/s1. The van der Waals surface area contributed by atoms with Gasteiger partial charge in [-0.05, 0) is 51.3 Å². The summed E-state index contributed by atoms with van der Waals surface area (Å²) in [6.07, 6.45) is 0.285. The molecule has 178 valence electrons. The Kier molecular flexibility index (Phi) is 8.27. The Morgan fingerprint density at radius 2 is 1.41 bits per heavy atom. The van der Waals surface area contributed by atoms with Crippen LogP contribution in [-0.4, -0.2) is 28.3 Å². The molecule has 0 bridgehead atoms. The Balaban J connectivity index is 1.93. The molecule has 1 N–H and O–H groups in total. The van der Waals surface area contributed by atoms with Crippen LogP contribution in [0.1, 0.15) is 62.3 Å². The quantitative estimate of drug-likeness (QED) is 0.462. The van der Waals surface area contributed by atoms with Crippen LogP contribution in [0.4, 0.5) is 0 Å². The number of rotatable bonds is 8. The Hall–Kier alpha value is -3.40. The molecule has 0 aliphatic rings.